The summed E-state index contributed by atoms with van der Waals surface area (Å²) in [4.78, 5) is 21.4. The Hall–Kier alpha value is -1.83. The van der Waals surface area contributed by atoms with Gasteiger partial charge in [0, 0.05) is 40.5 Å². The molecule has 0 heterocycles. The van der Waals surface area contributed by atoms with Gasteiger partial charge >= 0.3 is 5.69 Å². The smallest absolute Gasteiger partial charge is 0.305 e. The van der Waals surface area contributed by atoms with Gasteiger partial charge in [-0.25, -0.2) is 0 Å². The standard InChI is InChI=1S/C12H15FN2O4S/c1-8(20(2)19)5-6-14-12(16)9-3-4-10(13)11(7-9)15(17)18/h3-4,7-8H,5-6H2,1-2H3,(H,14,16). The molecular formula is C12H15FN2O4S. The summed E-state index contributed by atoms with van der Waals surface area (Å²) in [5, 5.41) is 13.1. The lowest BCUT2D eigenvalue weighted by molar-refractivity contribution is -0.387. The van der Waals surface area contributed by atoms with E-state index in [1.165, 1.54) is 6.07 Å². The highest BCUT2D eigenvalue weighted by atomic mass is 32.2. The summed E-state index contributed by atoms with van der Waals surface area (Å²) in [5.74, 6) is -1.51. The molecule has 0 aromatic heterocycles. The minimum Gasteiger partial charge on any atom is -0.352 e. The molecule has 1 rings (SSSR count). The van der Waals surface area contributed by atoms with Crippen LogP contribution in [0.3, 0.4) is 0 Å². The molecule has 2 unspecified atom stereocenters. The van der Waals surface area contributed by atoms with Crippen molar-refractivity contribution in [2.75, 3.05) is 12.8 Å². The molecule has 1 amide bonds. The Balaban J connectivity index is 2.67. The molecule has 110 valence electrons. The zero-order chi connectivity index (χ0) is 15.3. The summed E-state index contributed by atoms with van der Waals surface area (Å²) < 4.78 is 24.3. The van der Waals surface area contributed by atoms with Crippen molar-refractivity contribution in [3.63, 3.8) is 0 Å². The zero-order valence-electron chi connectivity index (χ0n) is 11.1. The van der Waals surface area contributed by atoms with Crippen LogP contribution in [0.5, 0.6) is 0 Å². The van der Waals surface area contributed by atoms with Crippen molar-refractivity contribution in [3.8, 4) is 0 Å². The summed E-state index contributed by atoms with van der Waals surface area (Å²) in [5.41, 5.74) is -0.718. The number of nitrogens with one attached hydrogen (secondary N) is 1. The summed E-state index contributed by atoms with van der Waals surface area (Å²) in [6.45, 7) is 2.09. The molecule has 8 heteroatoms. The summed E-state index contributed by atoms with van der Waals surface area (Å²) >= 11 is 0. The Labute approximate surface area is 118 Å². The lowest BCUT2D eigenvalue weighted by Gasteiger charge is -2.09. The van der Waals surface area contributed by atoms with Crippen molar-refractivity contribution in [1.29, 1.82) is 0 Å². The Morgan fingerprint density at radius 1 is 1.55 bits per heavy atom. The van der Waals surface area contributed by atoms with E-state index in [2.05, 4.69) is 5.32 Å². The van der Waals surface area contributed by atoms with E-state index in [0.717, 1.165) is 12.1 Å². The largest absolute Gasteiger partial charge is 0.352 e. The molecule has 2 atom stereocenters. The number of carbonyl (C=O) groups excluding carboxylic acids is 1. The third kappa shape index (κ3) is 4.37. The molecule has 0 radical (unpaired) electrons. The summed E-state index contributed by atoms with van der Waals surface area (Å²) in [6, 6.07) is 2.96. The maximum Gasteiger partial charge on any atom is 0.305 e. The van der Waals surface area contributed by atoms with Crippen LogP contribution in [0.1, 0.15) is 23.7 Å². The molecule has 1 aromatic rings. The Morgan fingerprint density at radius 3 is 2.75 bits per heavy atom. The average Bonchev–Trinajstić information content (AvgIpc) is 2.38. The molecule has 1 N–H and O–H groups in total. The fourth-order valence-corrected chi connectivity index (χ4v) is 1.90. The van der Waals surface area contributed by atoms with E-state index in [4.69, 9.17) is 0 Å². The van der Waals surface area contributed by atoms with Gasteiger partial charge in [0.2, 0.25) is 5.82 Å². The lowest BCUT2D eigenvalue weighted by Crippen LogP contribution is -2.27. The number of hydrogen-bond donors (Lipinski definition) is 1. The van der Waals surface area contributed by atoms with Crippen molar-refractivity contribution < 1.29 is 18.3 Å². The number of halogens is 1. The van der Waals surface area contributed by atoms with Crippen LogP contribution in [0.15, 0.2) is 18.2 Å². The van der Waals surface area contributed by atoms with Gasteiger partial charge in [0.15, 0.2) is 0 Å². The van der Waals surface area contributed by atoms with Crippen LogP contribution in [-0.2, 0) is 10.8 Å². The first-order valence-corrected chi connectivity index (χ1v) is 7.49. The van der Waals surface area contributed by atoms with E-state index in [1.54, 1.807) is 13.2 Å². The maximum atomic E-state index is 13.1. The maximum absolute atomic E-state index is 13.1. The topological polar surface area (TPSA) is 89.3 Å². The Kier molecular flexibility index (Phi) is 5.75. The van der Waals surface area contributed by atoms with E-state index >= 15 is 0 Å². The first-order valence-electron chi connectivity index (χ1n) is 5.87. The molecule has 0 fully saturated rings. The van der Waals surface area contributed by atoms with Crippen LogP contribution >= 0.6 is 0 Å². The molecule has 0 aliphatic rings. The van der Waals surface area contributed by atoms with Crippen molar-refractivity contribution in [3.05, 3.63) is 39.7 Å². The number of rotatable bonds is 6. The average molecular weight is 302 g/mol. The number of nitrogens with zero attached hydrogens (tertiary/aromatic N) is 1. The van der Waals surface area contributed by atoms with Gasteiger partial charge in [0.1, 0.15) is 0 Å². The monoisotopic (exact) mass is 302 g/mol. The first-order chi connectivity index (χ1) is 9.32. The van der Waals surface area contributed by atoms with Crippen LogP contribution in [0.4, 0.5) is 10.1 Å². The third-order valence-corrected chi connectivity index (χ3v) is 4.18. The summed E-state index contributed by atoms with van der Waals surface area (Å²) in [6.07, 6.45) is 2.11. The predicted molar refractivity (Wildman–Crippen MR) is 73.5 cm³/mol. The molecule has 0 saturated carbocycles. The van der Waals surface area contributed by atoms with Crippen LogP contribution in [-0.4, -0.2) is 33.1 Å². The SMILES string of the molecule is CC(CCNC(=O)c1ccc(F)c([N+](=O)[O-])c1)S(C)=O. The van der Waals surface area contributed by atoms with Crippen molar-refractivity contribution >= 4 is 22.4 Å². The number of benzene rings is 1. The van der Waals surface area contributed by atoms with Gasteiger partial charge in [-0.2, -0.15) is 4.39 Å². The van der Waals surface area contributed by atoms with Gasteiger partial charge in [-0.1, -0.05) is 6.92 Å². The lowest BCUT2D eigenvalue weighted by atomic mass is 10.2. The first kappa shape index (κ1) is 16.2. The normalized spacial score (nSPS) is 13.6. The van der Waals surface area contributed by atoms with E-state index in [9.17, 15) is 23.5 Å². The van der Waals surface area contributed by atoms with Crippen molar-refractivity contribution in [2.45, 2.75) is 18.6 Å². The second-order valence-corrected chi connectivity index (χ2v) is 6.08. The molecule has 6 nitrogen and oxygen atoms in total. The molecule has 0 bridgehead atoms. The van der Waals surface area contributed by atoms with Crippen LogP contribution in [0, 0.1) is 15.9 Å². The van der Waals surface area contributed by atoms with Gasteiger partial charge in [0.25, 0.3) is 5.91 Å². The fraction of sp³-hybridized carbons (Fsp3) is 0.417. The number of carbonyl (C=O) groups is 1. The van der Waals surface area contributed by atoms with E-state index < -0.39 is 33.1 Å². The van der Waals surface area contributed by atoms with Crippen molar-refractivity contribution in [1.82, 2.24) is 5.32 Å². The van der Waals surface area contributed by atoms with E-state index in [1.807, 2.05) is 0 Å². The highest BCUT2D eigenvalue weighted by Gasteiger charge is 2.17. The van der Waals surface area contributed by atoms with E-state index in [0.29, 0.717) is 13.0 Å². The number of amides is 1. The third-order valence-electron chi connectivity index (χ3n) is 2.81. The molecule has 0 saturated heterocycles. The predicted octanol–water partition coefficient (Wildman–Crippen LogP) is 1.62. The number of nitro benzene ring substituents is 1. The van der Waals surface area contributed by atoms with Gasteiger partial charge < -0.3 is 5.32 Å². The quantitative estimate of drug-likeness (QED) is 0.638. The number of nitro groups is 1. The minimum atomic E-state index is -0.985. The molecule has 0 aliphatic heterocycles. The second-order valence-electron chi connectivity index (χ2n) is 4.28. The molecule has 1 aromatic carbocycles. The second kappa shape index (κ2) is 7.09. The molecular weight excluding hydrogens is 287 g/mol. The summed E-state index contributed by atoms with van der Waals surface area (Å²) in [7, 11) is -0.973. The van der Waals surface area contributed by atoms with Gasteiger partial charge in [0.05, 0.1) is 4.92 Å². The molecule has 0 spiro atoms. The Morgan fingerprint density at radius 2 is 2.20 bits per heavy atom. The fourth-order valence-electron chi connectivity index (χ4n) is 1.45. The zero-order valence-corrected chi connectivity index (χ0v) is 11.9. The highest BCUT2D eigenvalue weighted by Crippen LogP contribution is 2.18. The van der Waals surface area contributed by atoms with Crippen LogP contribution in [0.2, 0.25) is 0 Å². The van der Waals surface area contributed by atoms with E-state index in [-0.39, 0.29) is 10.8 Å². The molecule has 0 aliphatic carbocycles. The highest BCUT2D eigenvalue weighted by molar-refractivity contribution is 7.84. The van der Waals surface area contributed by atoms with Crippen LogP contribution < -0.4 is 5.32 Å². The van der Waals surface area contributed by atoms with Gasteiger partial charge in [-0.15, -0.1) is 0 Å². The molecule has 20 heavy (non-hydrogen) atoms. The van der Waals surface area contributed by atoms with Gasteiger partial charge in [-0.3, -0.25) is 19.1 Å². The number of hydrogen-bond acceptors (Lipinski definition) is 4. The van der Waals surface area contributed by atoms with Gasteiger partial charge in [-0.05, 0) is 18.6 Å². The Bertz CT molecular complexity index is 550. The van der Waals surface area contributed by atoms with Crippen LogP contribution in [0.25, 0.3) is 0 Å². The van der Waals surface area contributed by atoms with Crippen molar-refractivity contribution in [2.24, 2.45) is 0 Å². The minimum absolute atomic E-state index is 0.0170.